The molecule has 0 unspecified atom stereocenters. The van der Waals surface area contributed by atoms with E-state index in [1.807, 2.05) is 30.3 Å². The molecule has 570 valence electrons. The Bertz CT molecular complexity index is 8930. The highest BCUT2D eigenvalue weighted by Gasteiger charge is 2.26. The molecule has 0 fully saturated rings. The second kappa shape index (κ2) is 28.3. The lowest BCUT2D eigenvalue weighted by Crippen LogP contribution is -1.92. The summed E-state index contributed by atoms with van der Waals surface area (Å²) in [6.07, 6.45) is 0. The van der Waals surface area contributed by atoms with Crippen LogP contribution in [0.1, 0.15) is 0 Å². The predicted octanol–water partition coefficient (Wildman–Crippen LogP) is 34.6. The van der Waals surface area contributed by atoms with E-state index < -0.39 is 0 Å². The molecule has 0 radical (unpaired) electrons. The molecule has 123 heavy (non-hydrogen) atoms. The molecule has 0 aliphatic carbocycles. The zero-order chi connectivity index (χ0) is 80.7. The van der Waals surface area contributed by atoms with E-state index in [1.165, 1.54) is 201 Å². The summed E-state index contributed by atoms with van der Waals surface area (Å²) in [4.78, 5) is 0. The van der Waals surface area contributed by atoms with Gasteiger partial charge in [-0.25, -0.2) is 0 Å². The van der Waals surface area contributed by atoms with Crippen LogP contribution in [0, 0.1) is 0 Å². The van der Waals surface area contributed by atoms with Crippen LogP contribution in [0.25, 0.3) is 262 Å². The van der Waals surface area contributed by atoms with Gasteiger partial charge >= 0.3 is 0 Å². The van der Waals surface area contributed by atoms with E-state index in [2.05, 4.69) is 406 Å². The van der Waals surface area contributed by atoms with Crippen molar-refractivity contribution in [3.63, 3.8) is 0 Å². The molecule has 0 N–H and O–H groups in total. The first-order valence-electron chi connectivity index (χ1n) is 42.3. The van der Waals surface area contributed by atoms with Crippen molar-refractivity contribution in [2.75, 3.05) is 0 Å². The fourth-order valence-corrected chi connectivity index (χ4v) is 20.7. The lowest BCUT2D eigenvalue weighted by Gasteiger charge is -2.20. The Labute approximate surface area is 707 Å². The quantitative estimate of drug-likeness (QED) is 0.123. The molecule has 24 aromatic carbocycles. The van der Waals surface area contributed by atoms with Crippen LogP contribution < -0.4 is 0 Å². The third kappa shape index (κ3) is 11.1. The van der Waals surface area contributed by atoms with Crippen molar-refractivity contribution >= 4 is 195 Å². The van der Waals surface area contributed by atoms with E-state index in [4.69, 9.17) is 13.3 Å². The van der Waals surface area contributed by atoms with E-state index in [-0.39, 0.29) is 0 Å². The SMILES string of the molecule is c1ccc2c(c1)cc(-c1c3ccccc3c(-c3ccc4c(c3)oc3ccccc34)c3ccccc13)c1ccccc12.c1ccc2c(c1)cc(-c1c3ccccc3c(-c3ccc4oc5ccccc5c4c3)c3ccccc13)c1ccccc12.c1ccc2c(c1)cc(-c1c3ccccc3c(-c3cccc4oc5ccccc5c34)c3ccccc13)c1ccccc12. The minimum Gasteiger partial charge on any atom is -0.456 e. The van der Waals surface area contributed by atoms with Crippen LogP contribution in [0.3, 0.4) is 0 Å². The maximum Gasteiger partial charge on any atom is 0.136 e. The van der Waals surface area contributed by atoms with Gasteiger partial charge in [0.1, 0.15) is 33.5 Å². The summed E-state index contributed by atoms with van der Waals surface area (Å²) in [6, 6.07) is 158. The molecule has 3 heteroatoms. The summed E-state index contributed by atoms with van der Waals surface area (Å²) in [7, 11) is 0. The van der Waals surface area contributed by atoms with E-state index in [9.17, 15) is 0 Å². The van der Waals surface area contributed by atoms with Gasteiger partial charge in [-0.15, -0.1) is 0 Å². The Morgan fingerprint density at radius 2 is 0.358 bits per heavy atom. The van der Waals surface area contributed by atoms with Crippen molar-refractivity contribution in [3.8, 4) is 66.8 Å². The van der Waals surface area contributed by atoms with Gasteiger partial charge in [-0.3, -0.25) is 0 Å². The Hall–Kier alpha value is -16.2. The Kier molecular flexibility index (Phi) is 16.1. The van der Waals surface area contributed by atoms with Crippen LogP contribution in [-0.2, 0) is 0 Å². The van der Waals surface area contributed by atoms with Gasteiger partial charge < -0.3 is 13.3 Å². The van der Waals surface area contributed by atoms with Crippen LogP contribution in [0.4, 0.5) is 0 Å². The van der Waals surface area contributed by atoms with Crippen molar-refractivity contribution in [1.29, 1.82) is 0 Å². The maximum absolute atomic E-state index is 6.32. The van der Waals surface area contributed by atoms with Gasteiger partial charge in [0.15, 0.2) is 0 Å². The summed E-state index contributed by atoms with van der Waals surface area (Å²) < 4.78 is 18.8. The van der Waals surface area contributed by atoms with Gasteiger partial charge in [0, 0.05) is 32.3 Å². The molecule has 27 aromatic rings. The molecule has 0 spiro atoms. The molecule has 0 atom stereocenters. The number of para-hydroxylation sites is 3. The first-order valence-corrected chi connectivity index (χ1v) is 42.3. The van der Waals surface area contributed by atoms with Crippen LogP contribution in [0.5, 0.6) is 0 Å². The largest absolute Gasteiger partial charge is 0.456 e. The number of furan rings is 3. The predicted molar refractivity (Wildman–Crippen MR) is 524 cm³/mol. The lowest BCUT2D eigenvalue weighted by atomic mass is 9.83. The molecular weight excluding hydrogens is 1490 g/mol. The summed E-state index contributed by atoms with van der Waals surface area (Å²) in [6.45, 7) is 0. The van der Waals surface area contributed by atoms with E-state index in [0.717, 1.165) is 60.4 Å². The van der Waals surface area contributed by atoms with E-state index >= 15 is 0 Å². The van der Waals surface area contributed by atoms with Crippen LogP contribution in [0.15, 0.2) is 450 Å². The third-order valence-electron chi connectivity index (χ3n) is 25.9. The second-order valence-electron chi connectivity index (χ2n) is 32.5. The molecule has 0 aliphatic rings. The van der Waals surface area contributed by atoms with Crippen molar-refractivity contribution in [1.82, 2.24) is 0 Å². The molecule has 0 saturated carbocycles. The fraction of sp³-hybridized carbons (Fsp3) is 0. The molecule has 3 aromatic heterocycles. The topological polar surface area (TPSA) is 39.4 Å². The van der Waals surface area contributed by atoms with Gasteiger partial charge in [-0.1, -0.05) is 370 Å². The van der Waals surface area contributed by atoms with Gasteiger partial charge in [-0.05, 0) is 263 Å². The molecule has 0 amide bonds. The molecule has 0 aliphatic heterocycles. The van der Waals surface area contributed by atoms with Crippen LogP contribution >= 0.6 is 0 Å². The normalized spacial score (nSPS) is 11.9. The highest BCUT2D eigenvalue weighted by atomic mass is 16.3. The number of benzene rings is 24. The first kappa shape index (κ1) is 69.9. The second-order valence-corrected chi connectivity index (χ2v) is 32.5. The third-order valence-corrected chi connectivity index (χ3v) is 25.9. The molecular formula is C120H72O3. The number of hydrogen-bond donors (Lipinski definition) is 0. The fourth-order valence-electron chi connectivity index (χ4n) is 20.7. The number of hydrogen-bond acceptors (Lipinski definition) is 3. The minimum absolute atomic E-state index is 0.918. The molecule has 3 heterocycles. The highest BCUT2D eigenvalue weighted by molar-refractivity contribution is 6.31. The molecule has 3 nitrogen and oxygen atoms in total. The molecule has 27 rings (SSSR count). The standard InChI is InChI=1S/3C40H24O/c1-2-13-26-25(12-1)24-35(28-15-4-3-14-27(26)28)39-31-18-7-5-16-29(31)38(30-17-6-8-19-32(30)39)34-21-11-23-37-40(34)33-20-9-10-22-36(33)41-37;1-2-12-27-25(11-1)23-36(29-14-4-3-13-28(27)29)40-34-18-7-5-16-32(34)39(33-17-6-8-19-35(33)40)26-21-22-31-30-15-9-10-20-37(30)41-38(31)24-26;1-2-12-27-25(11-1)23-36(29-14-4-3-13-28(27)29)40-33-18-7-5-16-31(33)39(32-17-6-8-19-34(32)40)26-21-22-38-35(24-26)30-15-9-10-20-37(30)41-38/h3*1-24H. The van der Waals surface area contributed by atoms with E-state index in [1.54, 1.807) is 0 Å². The van der Waals surface area contributed by atoms with Crippen molar-refractivity contribution in [2.24, 2.45) is 0 Å². The Morgan fingerprint density at radius 1 is 0.114 bits per heavy atom. The maximum atomic E-state index is 6.32. The summed E-state index contributed by atoms with van der Waals surface area (Å²) in [5.41, 5.74) is 20.5. The number of rotatable bonds is 6. The van der Waals surface area contributed by atoms with E-state index in [0.29, 0.717) is 0 Å². The zero-order valence-electron chi connectivity index (χ0n) is 66.8. The smallest absolute Gasteiger partial charge is 0.136 e. The van der Waals surface area contributed by atoms with Gasteiger partial charge in [0.25, 0.3) is 0 Å². The van der Waals surface area contributed by atoms with Crippen molar-refractivity contribution in [3.05, 3.63) is 437 Å². The Balaban J connectivity index is 0.000000101. The average molecular weight is 1560 g/mol. The van der Waals surface area contributed by atoms with Crippen LogP contribution in [0.2, 0.25) is 0 Å². The van der Waals surface area contributed by atoms with Crippen molar-refractivity contribution < 1.29 is 13.3 Å². The molecule has 0 bridgehead atoms. The molecule has 0 saturated heterocycles. The first-order chi connectivity index (χ1) is 61.1. The number of fused-ring (bicyclic) bond motifs is 24. The lowest BCUT2D eigenvalue weighted by molar-refractivity contribution is 0.668. The van der Waals surface area contributed by atoms with Crippen LogP contribution in [-0.4, -0.2) is 0 Å². The zero-order valence-corrected chi connectivity index (χ0v) is 66.8. The van der Waals surface area contributed by atoms with Gasteiger partial charge in [-0.2, -0.15) is 0 Å². The average Bonchev–Trinajstić information content (AvgIpc) is 1.42. The Morgan fingerprint density at radius 3 is 0.748 bits per heavy atom. The summed E-state index contributed by atoms with van der Waals surface area (Å²) in [5.74, 6) is 0. The minimum atomic E-state index is 0.918. The summed E-state index contributed by atoms with van der Waals surface area (Å²) in [5, 5.41) is 37.3. The van der Waals surface area contributed by atoms with Crippen molar-refractivity contribution in [2.45, 2.75) is 0 Å². The highest BCUT2D eigenvalue weighted by Crippen LogP contribution is 2.53. The monoisotopic (exact) mass is 1560 g/mol. The summed E-state index contributed by atoms with van der Waals surface area (Å²) >= 11 is 0. The van der Waals surface area contributed by atoms with Gasteiger partial charge in [0.2, 0.25) is 0 Å². The van der Waals surface area contributed by atoms with Gasteiger partial charge in [0.05, 0.1) is 0 Å².